The first-order valence-corrected chi connectivity index (χ1v) is 11.2. The molecule has 142 valence electrons. The summed E-state index contributed by atoms with van der Waals surface area (Å²) in [6.07, 6.45) is 1.73. The van der Waals surface area contributed by atoms with Crippen molar-refractivity contribution in [2.75, 3.05) is 4.72 Å². The molecule has 0 spiro atoms. The van der Waals surface area contributed by atoms with Crippen molar-refractivity contribution in [3.63, 3.8) is 0 Å². The van der Waals surface area contributed by atoms with Crippen LogP contribution in [0.4, 0.5) is 5.69 Å². The van der Waals surface area contributed by atoms with Gasteiger partial charge in [0.05, 0.1) is 5.02 Å². The maximum absolute atomic E-state index is 12.7. The van der Waals surface area contributed by atoms with Gasteiger partial charge in [0, 0.05) is 22.5 Å². The average Bonchev–Trinajstić information content (AvgIpc) is 3.09. The minimum absolute atomic E-state index is 0.0163. The Bertz CT molecular complexity index is 1250. The number of rotatable bonds is 4. The third kappa shape index (κ3) is 3.71. The van der Waals surface area contributed by atoms with E-state index in [1.54, 1.807) is 25.3 Å². The number of fused-ring (bicyclic) bond motifs is 1. The van der Waals surface area contributed by atoms with E-state index >= 15 is 0 Å². The molecule has 0 saturated carbocycles. The number of hydrogen-bond donors (Lipinski definition) is 1. The van der Waals surface area contributed by atoms with Gasteiger partial charge in [0.15, 0.2) is 0 Å². The van der Waals surface area contributed by atoms with Crippen LogP contribution in [0.15, 0.2) is 59.6 Å². The Hall–Kier alpha value is -2.19. The molecule has 4 aromatic rings. The number of sulfonamides is 1. The van der Waals surface area contributed by atoms with E-state index in [4.69, 9.17) is 23.2 Å². The number of benzene rings is 2. The Labute approximate surface area is 176 Å². The summed E-state index contributed by atoms with van der Waals surface area (Å²) in [5, 5.41) is 1.31. The quantitative estimate of drug-likeness (QED) is 0.428. The number of halogens is 2. The van der Waals surface area contributed by atoms with Crippen LogP contribution in [0.1, 0.15) is 5.56 Å². The van der Waals surface area contributed by atoms with E-state index in [1.165, 1.54) is 23.5 Å². The Morgan fingerprint density at radius 3 is 2.50 bits per heavy atom. The average molecular weight is 450 g/mol. The SMILES string of the molecule is Cc1cc(S(=O)(=O)Nc2ccc(-c3nc4cccnc4s3)cc2)c(Cl)cc1Cl. The Kier molecular flexibility index (Phi) is 5.01. The lowest BCUT2D eigenvalue weighted by atomic mass is 10.2. The van der Waals surface area contributed by atoms with Crippen LogP contribution in [0, 0.1) is 6.92 Å². The number of pyridine rings is 1. The molecule has 0 aliphatic carbocycles. The van der Waals surface area contributed by atoms with Gasteiger partial charge in [-0.3, -0.25) is 4.72 Å². The minimum atomic E-state index is -3.84. The van der Waals surface area contributed by atoms with Gasteiger partial charge in [0.25, 0.3) is 10.0 Å². The molecular weight excluding hydrogens is 437 g/mol. The number of thiazole rings is 1. The summed E-state index contributed by atoms with van der Waals surface area (Å²) in [5.41, 5.74) is 2.77. The molecule has 28 heavy (non-hydrogen) atoms. The molecule has 4 rings (SSSR count). The molecule has 0 aliphatic rings. The predicted octanol–water partition coefficient (Wildman–Crippen LogP) is 5.77. The second-order valence-electron chi connectivity index (χ2n) is 6.06. The number of nitrogens with one attached hydrogen (secondary N) is 1. The molecule has 0 aliphatic heterocycles. The lowest BCUT2D eigenvalue weighted by molar-refractivity contribution is 0.601. The summed E-state index contributed by atoms with van der Waals surface area (Å²) >= 11 is 13.6. The van der Waals surface area contributed by atoms with Gasteiger partial charge in [-0.25, -0.2) is 18.4 Å². The van der Waals surface area contributed by atoms with Crippen molar-refractivity contribution >= 4 is 60.6 Å². The molecule has 9 heteroatoms. The van der Waals surface area contributed by atoms with E-state index in [0.29, 0.717) is 16.3 Å². The molecule has 0 amide bonds. The molecule has 0 bridgehead atoms. The fourth-order valence-corrected chi connectivity index (χ4v) is 5.43. The van der Waals surface area contributed by atoms with Gasteiger partial charge in [0.1, 0.15) is 20.3 Å². The highest BCUT2D eigenvalue weighted by Gasteiger charge is 2.19. The van der Waals surface area contributed by atoms with Crippen molar-refractivity contribution < 1.29 is 8.42 Å². The Balaban J connectivity index is 1.61. The normalized spacial score (nSPS) is 11.7. The lowest BCUT2D eigenvalue weighted by Crippen LogP contribution is -2.13. The van der Waals surface area contributed by atoms with Crippen LogP contribution < -0.4 is 4.72 Å². The van der Waals surface area contributed by atoms with Crippen LogP contribution in [0.3, 0.4) is 0 Å². The van der Waals surface area contributed by atoms with E-state index in [0.717, 1.165) is 20.9 Å². The van der Waals surface area contributed by atoms with Crippen molar-refractivity contribution in [2.24, 2.45) is 0 Å². The number of anilines is 1. The van der Waals surface area contributed by atoms with Crippen LogP contribution in [0.25, 0.3) is 20.9 Å². The molecule has 0 unspecified atom stereocenters. The summed E-state index contributed by atoms with van der Waals surface area (Å²) in [6.45, 7) is 1.72. The van der Waals surface area contributed by atoms with Gasteiger partial charge in [-0.2, -0.15) is 0 Å². The molecule has 0 radical (unpaired) electrons. The second kappa shape index (κ2) is 7.33. The van der Waals surface area contributed by atoms with Crippen LogP contribution in [-0.4, -0.2) is 18.4 Å². The van der Waals surface area contributed by atoms with E-state index < -0.39 is 10.0 Å². The maximum atomic E-state index is 12.7. The fourth-order valence-electron chi connectivity index (χ4n) is 2.62. The maximum Gasteiger partial charge on any atom is 0.263 e. The van der Waals surface area contributed by atoms with Gasteiger partial charge >= 0.3 is 0 Å². The molecule has 1 N–H and O–H groups in total. The first kappa shape index (κ1) is 19.1. The molecular formula is C19H13Cl2N3O2S2. The lowest BCUT2D eigenvalue weighted by Gasteiger charge is -2.11. The number of nitrogens with zero attached hydrogens (tertiary/aromatic N) is 2. The zero-order valence-electron chi connectivity index (χ0n) is 14.5. The minimum Gasteiger partial charge on any atom is -0.280 e. The van der Waals surface area contributed by atoms with Crippen molar-refractivity contribution in [1.82, 2.24) is 9.97 Å². The van der Waals surface area contributed by atoms with E-state index in [1.807, 2.05) is 24.3 Å². The van der Waals surface area contributed by atoms with Gasteiger partial charge in [0.2, 0.25) is 0 Å². The van der Waals surface area contributed by atoms with E-state index in [2.05, 4.69) is 14.7 Å². The Morgan fingerprint density at radius 1 is 1.04 bits per heavy atom. The summed E-state index contributed by atoms with van der Waals surface area (Å²) in [4.78, 5) is 9.68. The molecule has 2 heterocycles. The summed E-state index contributed by atoms with van der Waals surface area (Å²) in [7, 11) is -3.84. The highest BCUT2D eigenvalue weighted by Crippen LogP contribution is 2.31. The zero-order valence-corrected chi connectivity index (χ0v) is 17.6. The summed E-state index contributed by atoms with van der Waals surface area (Å²) in [6, 6.07) is 13.6. The topological polar surface area (TPSA) is 72.0 Å². The smallest absolute Gasteiger partial charge is 0.263 e. The van der Waals surface area contributed by atoms with E-state index in [9.17, 15) is 8.42 Å². The van der Waals surface area contributed by atoms with Gasteiger partial charge < -0.3 is 0 Å². The highest BCUT2D eigenvalue weighted by atomic mass is 35.5. The standard InChI is InChI=1S/C19H13Cl2N3O2S2/c1-11-9-17(15(21)10-14(11)20)28(25,26)24-13-6-4-12(5-7-13)18-23-16-3-2-8-22-19(16)27-18/h2-10,24H,1H3. The first-order chi connectivity index (χ1) is 13.3. The summed E-state index contributed by atoms with van der Waals surface area (Å²) < 4.78 is 27.9. The molecule has 2 aromatic heterocycles. The van der Waals surface area contributed by atoms with Crippen molar-refractivity contribution in [1.29, 1.82) is 0 Å². The van der Waals surface area contributed by atoms with Crippen molar-refractivity contribution in [2.45, 2.75) is 11.8 Å². The van der Waals surface area contributed by atoms with Crippen molar-refractivity contribution in [3.8, 4) is 10.6 Å². The van der Waals surface area contributed by atoms with Gasteiger partial charge in [-0.15, -0.1) is 0 Å². The second-order valence-corrected chi connectivity index (χ2v) is 9.50. The first-order valence-electron chi connectivity index (χ1n) is 8.14. The third-order valence-corrected chi connectivity index (χ3v) is 7.33. The highest BCUT2D eigenvalue weighted by molar-refractivity contribution is 7.92. The van der Waals surface area contributed by atoms with Crippen LogP contribution >= 0.6 is 34.5 Å². The number of aryl methyl sites for hydroxylation is 1. The molecule has 0 atom stereocenters. The van der Waals surface area contributed by atoms with E-state index in [-0.39, 0.29) is 9.92 Å². The largest absolute Gasteiger partial charge is 0.280 e. The van der Waals surface area contributed by atoms with Crippen molar-refractivity contribution in [3.05, 3.63) is 70.3 Å². The zero-order chi connectivity index (χ0) is 19.9. The molecule has 0 saturated heterocycles. The molecule has 2 aromatic carbocycles. The van der Waals surface area contributed by atoms with Crippen LogP contribution in [-0.2, 0) is 10.0 Å². The van der Waals surface area contributed by atoms with Gasteiger partial charge in [-0.1, -0.05) is 34.5 Å². The Morgan fingerprint density at radius 2 is 1.79 bits per heavy atom. The number of aromatic nitrogens is 2. The monoisotopic (exact) mass is 449 g/mol. The summed E-state index contributed by atoms with van der Waals surface area (Å²) in [5.74, 6) is 0. The van der Waals surface area contributed by atoms with Crippen LogP contribution in [0.5, 0.6) is 0 Å². The number of hydrogen-bond acceptors (Lipinski definition) is 5. The molecule has 5 nitrogen and oxygen atoms in total. The van der Waals surface area contributed by atoms with Crippen LogP contribution in [0.2, 0.25) is 10.0 Å². The predicted molar refractivity (Wildman–Crippen MR) is 115 cm³/mol. The third-order valence-electron chi connectivity index (χ3n) is 4.05. The molecule has 0 fully saturated rings. The van der Waals surface area contributed by atoms with Gasteiger partial charge in [-0.05, 0) is 61.0 Å². The fraction of sp³-hybridized carbons (Fsp3) is 0.0526.